The van der Waals surface area contributed by atoms with Crippen LogP contribution in [-0.2, 0) is 10.0 Å². The van der Waals surface area contributed by atoms with E-state index in [1.807, 2.05) is 0 Å². The molecule has 3 aromatic rings. The van der Waals surface area contributed by atoms with Crippen molar-refractivity contribution in [2.75, 3.05) is 18.9 Å². The van der Waals surface area contributed by atoms with Gasteiger partial charge in [-0.2, -0.15) is 0 Å². The third-order valence-corrected chi connectivity index (χ3v) is 4.95. The van der Waals surface area contributed by atoms with Crippen molar-refractivity contribution in [3.63, 3.8) is 0 Å². The zero-order valence-electron chi connectivity index (χ0n) is 13.2. The maximum Gasteiger partial charge on any atom is 0.261 e. The summed E-state index contributed by atoms with van der Waals surface area (Å²) < 4.78 is 38.1. The molecule has 0 atom stereocenters. The first-order valence-corrected chi connectivity index (χ1v) is 8.62. The maximum absolute atomic E-state index is 12.6. The Morgan fingerprint density at radius 1 is 0.958 bits per heavy atom. The molecule has 3 rings (SSSR count). The highest BCUT2D eigenvalue weighted by atomic mass is 32.2. The lowest BCUT2D eigenvalue weighted by Crippen LogP contribution is -2.13. The monoisotopic (exact) mass is 344 g/mol. The standard InChI is InChI=1S/C17H16N2O4S/c1-22-12-5-7-13(8-6-12)24(20,21)19-15-9-10-16(23-2)17-14(15)4-3-11-18-17/h3-11,19H,1-2H3. The second-order valence-electron chi connectivity index (χ2n) is 5.00. The average molecular weight is 344 g/mol. The quantitative estimate of drug-likeness (QED) is 0.770. The summed E-state index contributed by atoms with van der Waals surface area (Å²) >= 11 is 0. The predicted molar refractivity (Wildman–Crippen MR) is 92.1 cm³/mol. The van der Waals surface area contributed by atoms with Gasteiger partial charge in [-0.3, -0.25) is 9.71 Å². The first kappa shape index (κ1) is 16.1. The van der Waals surface area contributed by atoms with Crippen LogP contribution in [0.3, 0.4) is 0 Å². The lowest BCUT2D eigenvalue weighted by molar-refractivity contribution is 0.414. The van der Waals surface area contributed by atoms with Crippen LogP contribution in [0.25, 0.3) is 10.9 Å². The van der Waals surface area contributed by atoms with Crippen LogP contribution in [0.15, 0.2) is 59.6 Å². The number of anilines is 1. The minimum atomic E-state index is -3.72. The summed E-state index contributed by atoms with van der Waals surface area (Å²) in [6.45, 7) is 0. The van der Waals surface area contributed by atoms with E-state index in [1.165, 1.54) is 19.2 Å². The van der Waals surface area contributed by atoms with Gasteiger partial charge in [-0.05, 0) is 48.5 Å². The van der Waals surface area contributed by atoms with Crippen LogP contribution >= 0.6 is 0 Å². The Bertz CT molecular complexity index is 970. The number of rotatable bonds is 5. The largest absolute Gasteiger partial charge is 0.497 e. The average Bonchev–Trinajstić information content (AvgIpc) is 2.62. The molecule has 0 aliphatic carbocycles. The molecule has 0 aliphatic heterocycles. The zero-order chi connectivity index (χ0) is 17.2. The number of hydrogen-bond acceptors (Lipinski definition) is 5. The molecule has 0 unspecified atom stereocenters. The highest BCUT2D eigenvalue weighted by Crippen LogP contribution is 2.31. The van der Waals surface area contributed by atoms with Gasteiger partial charge in [-0.1, -0.05) is 0 Å². The summed E-state index contributed by atoms with van der Waals surface area (Å²) in [6.07, 6.45) is 1.63. The van der Waals surface area contributed by atoms with Gasteiger partial charge in [0, 0.05) is 11.6 Å². The minimum Gasteiger partial charge on any atom is -0.497 e. The first-order chi connectivity index (χ1) is 11.5. The molecule has 0 saturated carbocycles. The van der Waals surface area contributed by atoms with Crippen molar-refractivity contribution in [1.82, 2.24) is 4.98 Å². The lowest BCUT2D eigenvalue weighted by Gasteiger charge is -2.12. The Balaban J connectivity index is 2.02. The van der Waals surface area contributed by atoms with E-state index in [1.54, 1.807) is 49.7 Å². The van der Waals surface area contributed by atoms with Crippen molar-refractivity contribution in [2.45, 2.75) is 4.90 Å². The molecule has 24 heavy (non-hydrogen) atoms. The molecule has 0 aliphatic rings. The molecule has 124 valence electrons. The second kappa shape index (κ2) is 6.37. The van der Waals surface area contributed by atoms with Gasteiger partial charge in [0.25, 0.3) is 10.0 Å². The number of nitrogens with one attached hydrogen (secondary N) is 1. The molecule has 0 saturated heterocycles. The second-order valence-corrected chi connectivity index (χ2v) is 6.68. The fraction of sp³-hybridized carbons (Fsp3) is 0.118. The molecular formula is C17H16N2O4S. The van der Waals surface area contributed by atoms with Gasteiger partial charge in [-0.25, -0.2) is 8.42 Å². The summed E-state index contributed by atoms with van der Waals surface area (Å²) in [5.74, 6) is 1.17. The van der Waals surface area contributed by atoms with E-state index in [9.17, 15) is 8.42 Å². The highest BCUT2D eigenvalue weighted by molar-refractivity contribution is 7.92. The van der Waals surface area contributed by atoms with E-state index < -0.39 is 10.0 Å². The molecule has 0 radical (unpaired) electrons. The Morgan fingerprint density at radius 2 is 1.71 bits per heavy atom. The predicted octanol–water partition coefficient (Wildman–Crippen LogP) is 3.05. The topological polar surface area (TPSA) is 77.5 Å². The molecule has 2 aromatic carbocycles. The summed E-state index contributed by atoms with van der Waals surface area (Å²) in [6, 6.07) is 13.1. The number of hydrogen-bond donors (Lipinski definition) is 1. The number of fused-ring (bicyclic) bond motifs is 1. The van der Waals surface area contributed by atoms with Gasteiger partial charge in [0.15, 0.2) is 0 Å². The van der Waals surface area contributed by atoms with Gasteiger partial charge in [0.05, 0.1) is 24.8 Å². The summed E-state index contributed by atoms with van der Waals surface area (Å²) in [4.78, 5) is 4.41. The van der Waals surface area contributed by atoms with Gasteiger partial charge in [0.1, 0.15) is 17.0 Å². The van der Waals surface area contributed by atoms with Crippen LogP contribution in [-0.4, -0.2) is 27.6 Å². The van der Waals surface area contributed by atoms with Crippen molar-refractivity contribution in [1.29, 1.82) is 0 Å². The Morgan fingerprint density at radius 3 is 2.38 bits per heavy atom. The number of pyridine rings is 1. The fourth-order valence-electron chi connectivity index (χ4n) is 2.36. The smallest absolute Gasteiger partial charge is 0.261 e. The fourth-order valence-corrected chi connectivity index (χ4v) is 3.44. The Labute approximate surface area is 140 Å². The van der Waals surface area contributed by atoms with Crippen LogP contribution < -0.4 is 14.2 Å². The Kier molecular flexibility index (Phi) is 4.26. The van der Waals surface area contributed by atoms with Crippen molar-refractivity contribution in [2.24, 2.45) is 0 Å². The number of ether oxygens (including phenoxy) is 2. The van der Waals surface area contributed by atoms with Crippen LogP contribution in [0.4, 0.5) is 5.69 Å². The van der Waals surface area contributed by atoms with E-state index in [-0.39, 0.29) is 4.90 Å². The van der Waals surface area contributed by atoms with Crippen LogP contribution in [0.1, 0.15) is 0 Å². The Hall–Kier alpha value is -2.80. The first-order valence-electron chi connectivity index (χ1n) is 7.14. The number of sulfonamides is 1. The van der Waals surface area contributed by atoms with Crippen molar-refractivity contribution in [3.05, 3.63) is 54.7 Å². The van der Waals surface area contributed by atoms with Crippen molar-refractivity contribution in [3.8, 4) is 11.5 Å². The van der Waals surface area contributed by atoms with E-state index in [0.717, 1.165) is 0 Å². The number of aromatic nitrogens is 1. The van der Waals surface area contributed by atoms with Crippen LogP contribution in [0.2, 0.25) is 0 Å². The molecule has 0 amide bonds. The van der Waals surface area contributed by atoms with Gasteiger partial charge in [0.2, 0.25) is 0 Å². The number of nitrogens with zero attached hydrogens (tertiary/aromatic N) is 1. The molecule has 1 heterocycles. The lowest BCUT2D eigenvalue weighted by atomic mass is 10.2. The van der Waals surface area contributed by atoms with Crippen molar-refractivity contribution < 1.29 is 17.9 Å². The third kappa shape index (κ3) is 2.98. The van der Waals surface area contributed by atoms with Crippen LogP contribution in [0, 0.1) is 0 Å². The zero-order valence-corrected chi connectivity index (χ0v) is 14.0. The summed E-state index contributed by atoms with van der Waals surface area (Å²) in [7, 11) is -0.651. The molecule has 7 heteroatoms. The summed E-state index contributed by atoms with van der Waals surface area (Å²) in [5.41, 5.74) is 1.03. The van der Waals surface area contributed by atoms with E-state index >= 15 is 0 Å². The molecule has 6 nitrogen and oxygen atoms in total. The maximum atomic E-state index is 12.6. The van der Waals surface area contributed by atoms with Crippen molar-refractivity contribution >= 4 is 26.6 Å². The summed E-state index contributed by atoms with van der Waals surface area (Å²) in [5, 5.41) is 0.661. The van der Waals surface area contributed by atoms with E-state index in [4.69, 9.17) is 9.47 Å². The third-order valence-electron chi connectivity index (χ3n) is 3.57. The van der Waals surface area contributed by atoms with Gasteiger partial charge >= 0.3 is 0 Å². The molecule has 1 N–H and O–H groups in total. The van der Waals surface area contributed by atoms with E-state index in [0.29, 0.717) is 28.1 Å². The van der Waals surface area contributed by atoms with Gasteiger partial charge < -0.3 is 9.47 Å². The van der Waals surface area contributed by atoms with Crippen LogP contribution in [0.5, 0.6) is 11.5 Å². The molecule has 1 aromatic heterocycles. The molecule has 0 spiro atoms. The minimum absolute atomic E-state index is 0.149. The number of benzene rings is 2. The molecule has 0 fully saturated rings. The SMILES string of the molecule is COc1ccc(S(=O)(=O)Nc2ccc(OC)c3ncccc23)cc1. The molecule has 0 bridgehead atoms. The highest BCUT2D eigenvalue weighted by Gasteiger charge is 2.17. The molecular weight excluding hydrogens is 328 g/mol. The number of methoxy groups -OCH3 is 2. The normalized spacial score (nSPS) is 11.2. The van der Waals surface area contributed by atoms with E-state index in [2.05, 4.69) is 9.71 Å². The van der Waals surface area contributed by atoms with Gasteiger partial charge in [-0.15, -0.1) is 0 Å².